The summed E-state index contributed by atoms with van der Waals surface area (Å²) in [4.78, 5) is 13.4. The number of aromatic amines is 1. The number of benzene rings is 1. The lowest BCUT2D eigenvalue weighted by atomic mass is 9.87. The maximum absolute atomic E-state index is 13.2. The first-order chi connectivity index (χ1) is 11.2. The molecule has 2 N–H and O–H groups in total. The summed E-state index contributed by atoms with van der Waals surface area (Å²) < 4.78 is 14.3. The van der Waals surface area contributed by atoms with Crippen molar-refractivity contribution < 1.29 is 9.18 Å². The molecular formula is C17H16FN3OS. The first kappa shape index (κ1) is 14.4. The molecule has 0 saturated carbocycles. The Kier molecular flexibility index (Phi) is 3.61. The smallest absolute Gasteiger partial charge is 0.223 e. The number of rotatable bonds is 3. The molecular weight excluding hydrogens is 313 g/mol. The second kappa shape index (κ2) is 5.77. The second-order valence-corrected chi connectivity index (χ2v) is 7.09. The maximum atomic E-state index is 13.2. The summed E-state index contributed by atoms with van der Waals surface area (Å²) in [6, 6.07) is 6.71. The Morgan fingerprint density at radius 3 is 3.26 bits per heavy atom. The van der Waals surface area contributed by atoms with E-state index in [-0.39, 0.29) is 17.6 Å². The Bertz CT molecular complexity index is 870. The lowest BCUT2D eigenvalue weighted by Gasteiger charge is -2.20. The van der Waals surface area contributed by atoms with Crippen LogP contribution in [0.3, 0.4) is 0 Å². The molecule has 1 atom stereocenters. The van der Waals surface area contributed by atoms with Crippen molar-refractivity contribution in [2.75, 3.05) is 0 Å². The zero-order valence-corrected chi connectivity index (χ0v) is 13.3. The number of amides is 1. The minimum Gasteiger partial charge on any atom is -0.351 e. The summed E-state index contributed by atoms with van der Waals surface area (Å²) >= 11 is 1.59. The van der Waals surface area contributed by atoms with E-state index in [1.54, 1.807) is 17.4 Å². The number of nitrogens with one attached hydrogen (secondary N) is 2. The standard InChI is InChI=1S/C17H16FN3OS/c18-13-2-4-16-11(6-13)7-14(23-16)9-19-17(22)10-1-3-15-12(5-10)8-20-21-15/h2,4,6-8,10H,1,3,5,9H2,(H,19,22)(H,20,21)/t10-/m0/s1. The Morgan fingerprint density at radius 2 is 2.35 bits per heavy atom. The monoisotopic (exact) mass is 329 g/mol. The average Bonchev–Trinajstić information content (AvgIpc) is 3.17. The molecule has 118 valence electrons. The van der Waals surface area contributed by atoms with Crippen molar-refractivity contribution in [2.24, 2.45) is 5.92 Å². The number of carbonyl (C=O) groups excluding carboxylic acids is 1. The van der Waals surface area contributed by atoms with Gasteiger partial charge in [0.25, 0.3) is 0 Å². The van der Waals surface area contributed by atoms with E-state index in [4.69, 9.17) is 0 Å². The van der Waals surface area contributed by atoms with Crippen LogP contribution in [0.4, 0.5) is 4.39 Å². The Morgan fingerprint density at radius 1 is 1.43 bits per heavy atom. The molecule has 4 nitrogen and oxygen atoms in total. The van der Waals surface area contributed by atoms with Crippen molar-refractivity contribution in [1.82, 2.24) is 15.5 Å². The summed E-state index contributed by atoms with van der Waals surface area (Å²) in [5.74, 6) is -0.142. The van der Waals surface area contributed by atoms with Crippen LogP contribution in [0.15, 0.2) is 30.5 Å². The van der Waals surface area contributed by atoms with Gasteiger partial charge < -0.3 is 5.32 Å². The largest absolute Gasteiger partial charge is 0.351 e. The fourth-order valence-electron chi connectivity index (χ4n) is 3.11. The molecule has 0 fully saturated rings. The van der Waals surface area contributed by atoms with Gasteiger partial charge in [0.2, 0.25) is 5.91 Å². The summed E-state index contributed by atoms with van der Waals surface area (Å²) in [6.45, 7) is 0.495. The van der Waals surface area contributed by atoms with Crippen LogP contribution >= 0.6 is 11.3 Å². The predicted octanol–water partition coefficient (Wildman–Crippen LogP) is 3.18. The van der Waals surface area contributed by atoms with Crippen LogP contribution in [0.5, 0.6) is 0 Å². The van der Waals surface area contributed by atoms with E-state index in [1.807, 2.05) is 12.3 Å². The normalized spacial score (nSPS) is 17.2. The van der Waals surface area contributed by atoms with Gasteiger partial charge in [-0.15, -0.1) is 11.3 Å². The van der Waals surface area contributed by atoms with Crippen molar-refractivity contribution in [3.8, 4) is 0 Å². The fraction of sp³-hybridized carbons (Fsp3) is 0.294. The van der Waals surface area contributed by atoms with Crippen LogP contribution in [0.25, 0.3) is 10.1 Å². The highest BCUT2D eigenvalue weighted by Gasteiger charge is 2.25. The van der Waals surface area contributed by atoms with Crippen LogP contribution in [-0.2, 0) is 24.2 Å². The fourth-order valence-corrected chi connectivity index (χ4v) is 4.10. The van der Waals surface area contributed by atoms with Crippen LogP contribution in [-0.4, -0.2) is 16.1 Å². The van der Waals surface area contributed by atoms with Gasteiger partial charge in [0.1, 0.15) is 5.82 Å². The van der Waals surface area contributed by atoms with E-state index in [1.165, 1.54) is 12.1 Å². The van der Waals surface area contributed by atoms with Gasteiger partial charge in [-0.2, -0.15) is 5.10 Å². The zero-order chi connectivity index (χ0) is 15.8. The first-order valence-corrected chi connectivity index (χ1v) is 8.47. The van der Waals surface area contributed by atoms with Gasteiger partial charge in [0, 0.05) is 21.2 Å². The van der Waals surface area contributed by atoms with Gasteiger partial charge in [-0.1, -0.05) is 0 Å². The number of carbonyl (C=O) groups is 1. The number of nitrogens with zero attached hydrogens (tertiary/aromatic N) is 1. The molecule has 4 rings (SSSR count). The maximum Gasteiger partial charge on any atom is 0.223 e. The van der Waals surface area contributed by atoms with Crippen molar-refractivity contribution in [3.63, 3.8) is 0 Å². The number of thiophene rings is 1. The molecule has 2 aromatic heterocycles. The van der Waals surface area contributed by atoms with E-state index >= 15 is 0 Å². The molecule has 23 heavy (non-hydrogen) atoms. The van der Waals surface area contributed by atoms with E-state index in [2.05, 4.69) is 15.5 Å². The van der Waals surface area contributed by atoms with E-state index < -0.39 is 0 Å². The van der Waals surface area contributed by atoms with Crippen molar-refractivity contribution in [1.29, 1.82) is 0 Å². The summed E-state index contributed by atoms with van der Waals surface area (Å²) in [5, 5.41) is 10.9. The van der Waals surface area contributed by atoms with Crippen LogP contribution < -0.4 is 5.32 Å². The van der Waals surface area contributed by atoms with Gasteiger partial charge in [0.05, 0.1) is 12.7 Å². The third-order valence-electron chi connectivity index (χ3n) is 4.35. The predicted molar refractivity (Wildman–Crippen MR) is 87.7 cm³/mol. The van der Waals surface area contributed by atoms with Crippen molar-refractivity contribution in [2.45, 2.75) is 25.8 Å². The summed E-state index contributed by atoms with van der Waals surface area (Å²) in [6.07, 6.45) is 4.28. The van der Waals surface area contributed by atoms with Gasteiger partial charge >= 0.3 is 0 Å². The SMILES string of the molecule is O=C(NCc1cc2cc(F)ccc2s1)[C@H]1CCc2[nH]ncc2C1. The number of fused-ring (bicyclic) bond motifs is 2. The molecule has 2 heterocycles. The van der Waals surface area contributed by atoms with E-state index in [0.717, 1.165) is 45.5 Å². The number of halogens is 1. The van der Waals surface area contributed by atoms with Crippen LogP contribution in [0.1, 0.15) is 22.6 Å². The minimum absolute atomic E-state index is 0.00641. The minimum atomic E-state index is -0.232. The number of hydrogen-bond donors (Lipinski definition) is 2. The highest BCUT2D eigenvalue weighted by atomic mass is 32.1. The van der Waals surface area contributed by atoms with Gasteiger partial charge in [0.15, 0.2) is 0 Å². The lowest BCUT2D eigenvalue weighted by Crippen LogP contribution is -2.33. The van der Waals surface area contributed by atoms with Crippen LogP contribution in [0, 0.1) is 11.7 Å². The molecule has 1 amide bonds. The van der Waals surface area contributed by atoms with E-state index in [0.29, 0.717) is 6.54 Å². The molecule has 1 aliphatic carbocycles. The van der Waals surface area contributed by atoms with Gasteiger partial charge in [-0.05, 0) is 54.5 Å². The molecule has 6 heteroatoms. The number of aromatic nitrogens is 2. The first-order valence-electron chi connectivity index (χ1n) is 7.66. The second-order valence-electron chi connectivity index (χ2n) is 5.93. The van der Waals surface area contributed by atoms with Gasteiger partial charge in [-0.25, -0.2) is 4.39 Å². The summed E-state index contributed by atoms with van der Waals surface area (Å²) in [5.41, 5.74) is 2.30. The number of H-pyrrole nitrogens is 1. The molecule has 0 bridgehead atoms. The lowest BCUT2D eigenvalue weighted by molar-refractivity contribution is -0.125. The quantitative estimate of drug-likeness (QED) is 0.775. The molecule has 1 aliphatic rings. The van der Waals surface area contributed by atoms with E-state index in [9.17, 15) is 9.18 Å². The molecule has 0 spiro atoms. The average molecular weight is 329 g/mol. The third-order valence-corrected chi connectivity index (χ3v) is 5.47. The van der Waals surface area contributed by atoms with Crippen molar-refractivity contribution >= 4 is 27.3 Å². The molecule has 0 radical (unpaired) electrons. The number of aryl methyl sites for hydroxylation is 1. The highest BCUT2D eigenvalue weighted by Crippen LogP contribution is 2.27. The topological polar surface area (TPSA) is 57.8 Å². The molecule has 3 aromatic rings. The molecule has 0 unspecified atom stereocenters. The molecule has 0 saturated heterocycles. The Hall–Kier alpha value is -2.21. The number of hydrogen-bond acceptors (Lipinski definition) is 3. The Balaban J connectivity index is 1.41. The Labute approximate surface area is 136 Å². The summed E-state index contributed by atoms with van der Waals surface area (Å²) in [7, 11) is 0. The highest BCUT2D eigenvalue weighted by molar-refractivity contribution is 7.19. The molecule has 1 aromatic carbocycles. The van der Waals surface area contributed by atoms with Crippen molar-refractivity contribution in [3.05, 3.63) is 52.4 Å². The zero-order valence-electron chi connectivity index (χ0n) is 12.4. The van der Waals surface area contributed by atoms with Crippen LogP contribution in [0.2, 0.25) is 0 Å². The third kappa shape index (κ3) is 2.86. The molecule has 0 aliphatic heterocycles. The van der Waals surface area contributed by atoms with Gasteiger partial charge in [-0.3, -0.25) is 9.89 Å².